The molecule has 0 atom stereocenters. The number of benzene rings is 1. The van der Waals surface area contributed by atoms with Crippen molar-refractivity contribution in [2.24, 2.45) is 0 Å². The van der Waals surface area contributed by atoms with Crippen molar-refractivity contribution < 1.29 is 30.9 Å². The van der Waals surface area contributed by atoms with Gasteiger partial charge < -0.3 is 9.31 Å². The average Bonchev–Trinajstić information content (AvgIpc) is 2.63. The number of nitrogens with one attached hydrogen (secondary N) is 1. The molecule has 27 heavy (non-hydrogen) atoms. The maximum absolute atomic E-state index is 13.2. The van der Waals surface area contributed by atoms with Crippen LogP contribution in [-0.4, -0.2) is 32.3 Å². The molecule has 10 heteroatoms. The lowest BCUT2D eigenvalue weighted by Gasteiger charge is -2.32. The fraction of sp³-hybridized carbons (Fsp3) is 0.647. The topological polar surface area (TPSA) is 64.6 Å². The minimum absolute atomic E-state index is 0.180. The lowest BCUT2D eigenvalue weighted by atomic mass is 9.78. The Morgan fingerprint density at radius 1 is 1.00 bits per heavy atom. The maximum atomic E-state index is 13.2. The zero-order valence-corrected chi connectivity index (χ0v) is 17.3. The van der Waals surface area contributed by atoms with Crippen LogP contribution in [-0.2, 0) is 25.5 Å². The summed E-state index contributed by atoms with van der Waals surface area (Å²) >= 11 is 0. The molecular weight excluding hydrogens is 382 g/mol. The molecule has 0 aromatic heterocycles. The first kappa shape index (κ1) is 22.2. The SMILES string of the molecule is CC(C)(C)NS(=O)(=O)c1ccc(C(F)(F)F)cc1B1OC(C)(C)C(C)(C)O1. The van der Waals surface area contributed by atoms with Gasteiger partial charge in [-0.1, -0.05) is 0 Å². The third kappa shape index (κ3) is 4.67. The molecule has 1 N–H and O–H groups in total. The van der Waals surface area contributed by atoms with Crippen molar-refractivity contribution in [3.8, 4) is 0 Å². The summed E-state index contributed by atoms with van der Waals surface area (Å²) in [4.78, 5) is -0.302. The predicted octanol–water partition coefficient (Wildman–Crippen LogP) is 3.08. The van der Waals surface area contributed by atoms with Gasteiger partial charge in [-0.2, -0.15) is 13.2 Å². The molecule has 1 saturated heterocycles. The second-order valence-corrected chi connectivity index (χ2v) is 10.3. The van der Waals surface area contributed by atoms with Crippen LogP contribution in [0.2, 0.25) is 0 Å². The van der Waals surface area contributed by atoms with E-state index >= 15 is 0 Å². The fourth-order valence-electron chi connectivity index (χ4n) is 2.58. The van der Waals surface area contributed by atoms with Crippen molar-refractivity contribution >= 4 is 22.6 Å². The molecule has 1 aliphatic heterocycles. The largest absolute Gasteiger partial charge is 0.496 e. The Kier molecular flexibility index (Phi) is 5.32. The Balaban J connectivity index is 2.63. The van der Waals surface area contributed by atoms with E-state index in [-0.39, 0.29) is 10.4 Å². The minimum atomic E-state index is -4.63. The predicted molar refractivity (Wildman–Crippen MR) is 97.2 cm³/mol. The number of sulfonamides is 1. The summed E-state index contributed by atoms with van der Waals surface area (Å²) in [7, 11) is -5.35. The Labute approximate surface area is 158 Å². The Morgan fingerprint density at radius 3 is 1.89 bits per heavy atom. The third-order valence-electron chi connectivity index (χ3n) is 4.57. The molecule has 1 aliphatic rings. The highest BCUT2D eigenvalue weighted by Crippen LogP contribution is 2.38. The summed E-state index contributed by atoms with van der Waals surface area (Å²) < 4.78 is 79.3. The molecule has 0 radical (unpaired) electrons. The molecule has 1 fully saturated rings. The second kappa shape index (κ2) is 6.47. The van der Waals surface area contributed by atoms with Gasteiger partial charge in [0.25, 0.3) is 0 Å². The monoisotopic (exact) mass is 407 g/mol. The van der Waals surface area contributed by atoms with Gasteiger partial charge in [-0.05, 0) is 66.7 Å². The highest BCUT2D eigenvalue weighted by molar-refractivity contribution is 7.89. The quantitative estimate of drug-likeness (QED) is 0.783. The van der Waals surface area contributed by atoms with Crippen molar-refractivity contribution in [1.29, 1.82) is 0 Å². The average molecular weight is 407 g/mol. The smallest absolute Gasteiger partial charge is 0.399 e. The molecule has 1 aromatic rings. The number of hydrogen-bond donors (Lipinski definition) is 1. The van der Waals surface area contributed by atoms with Gasteiger partial charge in [-0.15, -0.1) is 0 Å². The van der Waals surface area contributed by atoms with Crippen LogP contribution in [0.3, 0.4) is 0 Å². The molecule has 1 heterocycles. The molecule has 0 spiro atoms. The van der Waals surface area contributed by atoms with E-state index in [1.807, 2.05) is 0 Å². The van der Waals surface area contributed by atoms with Gasteiger partial charge in [-0.25, -0.2) is 13.1 Å². The van der Waals surface area contributed by atoms with Crippen molar-refractivity contribution in [3.63, 3.8) is 0 Å². The van der Waals surface area contributed by atoms with Crippen molar-refractivity contribution in [2.75, 3.05) is 0 Å². The summed E-state index contributed by atoms with van der Waals surface area (Å²) in [5.41, 5.74) is -3.62. The number of alkyl halides is 3. The van der Waals surface area contributed by atoms with Crippen LogP contribution in [0.1, 0.15) is 54.0 Å². The Morgan fingerprint density at radius 2 is 1.48 bits per heavy atom. The molecule has 0 bridgehead atoms. The van der Waals surface area contributed by atoms with E-state index in [1.165, 1.54) is 0 Å². The first-order valence-electron chi connectivity index (χ1n) is 8.46. The first-order valence-corrected chi connectivity index (χ1v) is 9.95. The van der Waals surface area contributed by atoms with E-state index in [0.717, 1.165) is 18.2 Å². The standard InChI is InChI=1S/C17H25BF3NO4S/c1-14(2,3)22-27(23,24)13-9-8-11(17(19,20)21)10-12(13)18-25-15(4,5)16(6,7)26-18/h8-10,22H,1-7H3. The number of hydrogen-bond acceptors (Lipinski definition) is 4. The van der Waals surface area contributed by atoms with Gasteiger partial charge in [0.15, 0.2) is 0 Å². The van der Waals surface area contributed by atoms with Gasteiger partial charge >= 0.3 is 13.3 Å². The van der Waals surface area contributed by atoms with Gasteiger partial charge in [0.05, 0.1) is 21.7 Å². The van der Waals surface area contributed by atoms with E-state index in [9.17, 15) is 21.6 Å². The summed E-state index contributed by atoms with van der Waals surface area (Å²) in [5, 5.41) is 0. The van der Waals surface area contributed by atoms with E-state index in [1.54, 1.807) is 48.5 Å². The van der Waals surface area contributed by atoms with Crippen LogP contribution in [0.15, 0.2) is 23.1 Å². The maximum Gasteiger partial charge on any atom is 0.496 e. The van der Waals surface area contributed by atoms with Crippen LogP contribution in [0.4, 0.5) is 13.2 Å². The molecule has 2 rings (SSSR count). The summed E-state index contributed by atoms with van der Waals surface area (Å²) in [6.45, 7) is 11.9. The molecule has 0 amide bonds. The number of halogens is 3. The van der Waals surface area contributed by atoms with Crippen molar-refractivity contribution in [3.05, 3.63) is 23.8 Å². The van der Waals surface area contributed by atoms with Crippen LogP contribution < -0.4 is 10.2 Å². The van der Waals surface area contributed by atoms with Gasteiger partial charge in [-0.3, -0.25) is 0 Å². The minimum Gasteiger partial charge on any atom is -0.399 e. The van der Waals surface area contributed by atoms with Crippen molar-refractivity contribution in [2.45, 2.75) is 76.3 Å². The highest BCUT2D eigenvalue weighted by atomic mass is 32.2. The zero-order valence-electron chi connectivity index (χ0n) is 16.5. The van der Waals surface area contributed by atoms with Crippen LogP contribution in [0.25, 0.3) is 0 Å². The lowest BCUT2D eigenvalue weighted by molar-refractivity contribution is -0.137. The highest BCUT2D eigenvalue weighted by Gasteiger charge is 2.53. The summed E-state index contributed by atoms with van der Waals surface area (Å²) in [5.74, 6) is 0. The van der Waals surface area contributed by atoms with Gasteiger partial charge in [0.2, 0.25) is 10.0 Å². The van der Waals surface area contributed by atoms with Gasteiger partial charge in [0, 0.05) is 11.0 Å². The Hall–Kier alpha value is -1.10. The number of rotatable bonds is 3. The summed E-state index contributed by atoms with van der Waals surface area (Å²) in [6.07, 6.45) is -4.63. The second-order valence-electron chi connectivity index (χ2n) is 8.69. The zero-order chi connectivity index (χ0) is 21.1. The van der Waals surface area contributed by atoms with E-state index in [0.29, 0.717) is 0 Å². The normalized spacial score (nSPS) is 20.1. The first-order chi connectivity index (χ1) is 11.9. The Bertz CT molecular complexity index is 814. The van der Waals surface area contributed by atoms with Crippen LogP contribution in [0.5, 0.6) is 0 Å². The van der Waals surface area contributed by atoms with Crippen molar-refractivity contribution in [1.82, 2.24) is 4.72 Å². The molecule has 152 valence electrons. The molecule has 0 unspecified atom stereocenters. The lowest BCUT2D eigenvalue weighted by Crippen LogP contribution is -2.45. The van der Waals surface area contributed by atoms with E-state index in [2.05, 4.69) is 4.72 Å². The van der Waals surface area contributed by atoms with Gasteiger partial charge in [0.1, 0.15) is 0 Å². The molecule has 0 saturated carbocycles. The summed E-state index contributed by atoms with van der Waals surface area (Å²) in [6, 6.07) is 2.46. The van der Waals surface area contributed by atoms with E-state index in [4.69, 9.17) is 9.31 Å². The fourth-order valence-corrected chi connectivity index (χ4v) is 4.21. The molecule has 0 aliphatic carbocycles. The van der Waals surface area contributed by atoms with Crippen LogP contribution >= 0.6 is 0 Å². The van der Waals surface area contributed by atoms with Crippen LogP contribution in [0, 0.1) is 0 Å². The molecular formula is C17H25BF3NO4S. The third-order valence-corrected chi connectivity index (χ3v) is 6.41. The molecule has 5 nitrogen and oxygen atoms in total. The van der Waals surface area contributed by atoms with E-state index < -0.39 is 45.6 Å². The molecule has 1 aromatic carbocycles.